The largest absolute Gasteiger partial charge is 0.478 e. The number of nitrogens with one attached hydrogen (secondary N) is 1. The van der Waals surface area contributed by atoms with E-state index < -0.39 is 53.8 Å². The molecule has 0 spiro atoms. The normalized spacial score (nSPS) is 29.9. The zero-order chi connectivity index (χ0) is 21.3. The number of carbonyl (C=O) groups is 2. The second kappa shape index (κ2) is 12.2. The summed E-state index contributed by atoms with van der Waals surface area (Å²) in [5.41, 5.74) is 6.15. The van der Waals surface area contributed by atoms with Gasteiger partial charge in [-0.25, -0.2) is 4.79 Å². The molecule has 1 aliphatic heterocycles. The number of carboxylic acids is 1. The van der Waals surface area contributed by atoms with Crippen LogP contribution in [0.5, 0.6) is 0 Å². The second-order valence-electron chi connectivity index (χ2n) is 6.96. The van der Waals surface area contributed by atoms with E-state index in [0.29, 0.717) is 5.75 Å². The SMILES string of the molecule is CC(=O)N[C@H]1[C@H]([C@H](O)[C@H](O)CO)OC(SCCCCCCS)(C(=O)O)C[C@@H]1N. The summed E-state index contributed by atoms with van der Waals surface area (Å²) < 4.78 is 5.77. The number of hydrogen-bond acceptors (Lipinski definition) is 9. The monoisotopic (exact) mass is 440 g/mol. The fraction of sp³-hybridized carbons (Fsp3) is 0.882. The van der Waals surface area contributed by atoms with Gasteiger partial charge in [-0.15, -0.1) is 11.8 Å². The summed E-state index contributed by atoms with van der Waals surface area (Å²) in [5.74, 6) is -0.344. The molecule has 1 saturated heterocycles. The van der Waals surface area contributed by atoms with Crippen LogP contribution in [0.1, 0.15) is 39.0 Å². The smallest absolute Gasteiger partial charge is 0.346 e. The Hall–Kier alpha value is -0.560. The minimum atomic E-state index is -1.71. The van der Waals surface area contributed by atoms with Crippen molar-refractivity contribution in [2.24, 2.45) is 5.73 Å². The number of rotatable bonds is 12. The Kier molecular flexibility index (Phi) is 11.1. The Bertz CT molecular complexity index is 514. The van der Waals surface area contributed by atoms with Crippen molar-refractivity contribution in [2.45, 2.75) is 74.4 Å². The molecule has 1 rings (SSSR count). The fourth-order valence-corrected chi connectivity index (χ4v) is 4.67. The minimum absolute atomic E-state index is 0.0764. The quantitative estimate of drug-likeness (QED) is 0.154. The van der Waals surface area contributed by atoms with Gasteiger partial charge in [0.15, 0.2) is 0 Å². The third-order valence-electron chi connectivity index (χ3n) is 4.65. The first kappa shape index (κ1) is 25.5. The Morgan fingerprint density at radius 2 is 1.96 bits per heavy atom. The minimum Gasteiger partial charge on any atom is -0.478 e. The van der Waals surface area contributed by atoms with Crippen molar-refractivity contribution < 1.29 is 34.8 Å². The maximum absolute atomic E-state index is 12.0. The van der Waals surface area contributed by atoms with E-state index in [0.717, 1.165) is 43.2 Å². The molecule has 7 N–H and O–H groups in total. The van der Waals surface area contributed by atoms with Gasteiger partial charge in [0.2, 0.25) is 10.8 Å². The number of hydrogen-bond donors (Lipinski definition) is 7. The van der Waals surface area contributed by atoms with E-state index >= 15 is 0 Å². The summed E-state index contributed by atoms with van der Waals surface area (Å²) in [7, 11) is 0. The number of carboxylic acid groups (broad SMARTS) is 1. The van der Waals surface area contributed by atoms with Crippen molar-refractivity contribution >= 4 is 36.3 Å². The highest BCUT2D eigenvalue weighted by Crippen LogP contribution is 2.40. The first-order valence-electron chi connectivity index (χ1n) is 9.34. The highest BCUT2D eigenvalue weighted by Gasteiger charge is 2.54. The van der Waals surface area contributed by atoms with Gasteiger partial charge >= 0.3 is 5.97 Å². The molecule has 1 amide bonds. The van der Waals surface area contributed by atoms with Crippen molar-refractivity contribution in [3.63, 3.8) is 0 Å². The van der Waals surface area contributed by atoms with Crippen LogP contribution >= 0.6 is 24.4 Å². The maximum atomic E-state index is 12.0. The maximum Gasteiger partial charge on any atom is 0.346 e. The summed E-state index contributed by atoms with van der Waals surface area (Å²) in [6, 6.07) is -1.73. The number of thiol groups is 1. The van der Waals surface area contributed by atoms with E-state index in [-0.39, 0.29) is 6.42 Å². The molecule has 1 unspecified atom stereocenters. The molecule has 1 fully saturated rings. The van der Waals surface area contributed by atoms with E-state index in [1.54, 1.807) is 0 Å². The van der Waals surface area contributed by atoms with Crippen molar-refractivity contribution in [3.05, 3.63) is 0 Å². The van der Waals surface area contributed by atoms with E-state index in [2.05, 4.69) is 17.9 Å². The van der Waals surface area contributed by atoms with E-state index in [4.69, 9.17) is 15.6 Å². The average Bonchev–Trinajstić information content (AvgIpc) is 2.64. The van der Waals surface area contributed by atoms with Crippen molar-refractivity contribution in [3.8, 4) is 0 Å². The number of carbonyl (C=O) groups excluding carboxylic acids is 1. The third-order valence-corrected chi connectivity index (χ3v) is 6.36. The fourth-order valence-electron chi connectivity index (χ4n) is 3.15. The molecule has 0 aromatic rings. The molecule has 11 heteroatoms. The Morgan fingerprint density at radius 1 is 1.32 bits per heavy atom. The van der Waals surface area contributed by atoms with Crippen molar-refractivity contribution in [1.82, 2.24) is 5.32 Å². The van der Waals surface area contributed by atoms with E-state index in [1.807, 2.05) is 0 Å². The highest BCUT2D eigenvalue weighted by atomic mass is 32.2. The lowest BCUT2D eigenvalue weighted by molar-refractivity contribution is -0.191. The summed E-state index contributed by atoms with van der Waals surface area (Å²) >= 11 is 5.24. The van der Waals surface area contributed by atoms with Gasteiger partial charge in [0.1, 0.15) is 18.3 Å². The van der Waals surface area contributed by atoms with Gasteiger partial charge in [0, 0.05) is 19.4 Å². The molecule has 164 valence electrons. The first-order valence-corrected chi connectivity index (χ1v) is 11.0. The summed E-state index contributed by atoms with van der Waals surface area (Å²) in [4.78, 5) is 21.8. The molecule has 0 aliphatic carbocycles. The van der Waals surface area contributed by atoms with Gasteiger partial charge in [0.25, 0.3) is 0 Å². The number of thioether (sulfide) groups is 1. The summed E-state index contributed by atoms with van der Waals surface area (Å²) in [6.45, 7) is 0.513. The zero-order valence-corrected chi connectivity index (χ0v) is 17.7. The van der Waals surface area contributed by atoms with Crippen LogP contribution in [-0.4, -0.2) is 85.7 Å². The molecule has 1 aliphatic rings. The molecular weight excluding hydrogens is 408 g/mol. The first-order chi connectivity index (χ1) is 13.2. The number of unbranched alkanes of at least 4 members (excludes halogenated alkanes) is 3. The Labute approximate surface area is 174 Å². The molecule has 0 bridgehead atoms. The van der Waals surface area contributed by atoms with Crippen LogP contribution in [0, 0.1) is 0 Å². The van der Waals surface area contributed by atoms with Crippen molar-refractivity contribution in [2.75, 3.05) is 18.1 Å². The molecule has 9 nitrogen and oxygen atoms in total. The van der Waals surface area contributed by atoms with E-state index in [1.165, 1.54) is 6.92 Å². The number of nitrogens with two attached hydrogens (primary N) is 1. The number of ether oxygens (including phenoxy) is 1. The molecule has 0 radical (unpaired) electrons. The predicted octanol–water partition coefficient (Wildman–Crippen LogP) is -0.674. The predicted molar refractivity (Wildman–Crippen MR) is 109 cm³/mol. The molecular formula is C17H32N2O7S2. The van der Waals surface area contributed by atoms with Crippen LogP contribution in [0.4, 0.5) is 0 Å². The van der Waals surface area contributed by atoms with Crippen molar-refractivity contribution in [1.29, 1.82) is 0 Å². The van der Waals surface area contributed by atoms with Crippen LogP contribution in [0.25, 0.3) is 0 Å². The third kappa shape index (κ3) is 7.05. The molecule has 0 aromatic carbocycles. The average molecular weight is 441 g/mol. The van der Waals surface area contributed by atoms with Crippen LogP contribution in [-0.2, 0) is 14.3 Å². The number of amides is 1. The van der Waals surface area contributed by atoms with Gasteiger partial charge in [-0.1, -0.05) is 12.8 Å². The van der Waals surface area contributed by atoms with E-state index in [9.17, 15) is 24.9 Å². The van der Waals surface area contributed by atoms with Crippen LogP contribution in [0.15, 0.2) is 0 Å². The second-order valence-corrected chi connectivity index (χ2v) is 8.77. The Morgan fingerprint density at radius 3 is 2.50 bits per heavy atom. The van der Waals surface area contributed by atoms with Gasteiger partial charge in [-0.05, 0) is 24.3 Å². The zero-order valence-electron chi connectivity index (χ0n) is 16.0. The van der Waals surface area contributed by atoms with Crippen LogP contribution < -0.4 is 11.1 Å². The van der Waals surface area contributed by atoms with Crippen LogP contribution in [0.3, 0.4) is 0 Å². The number of aliphatic hydroxyl groups is 3. The Balaban J connectivity index is 2.96. The molecule has 0 aromatic heterocycles. The summed E-state index contributed by atoms with van der Waals surface area (Å²) in [5, 5.41) is 41.7. The standard InChI is InChI=1S/C17H32N2O7S2/c1-10(21)19-13-11(18)8-17(16(24)25,28-7-5-3-2-4-6-27)26-15(13)14(23)12(22)9-20/h11-15,20,22-23,27H,2-9,18H2,1H3,(H,19,21)(H,24,25)/t11-,12+,13+,14+,15+,17?/m0/s1. The molecule has 1 heterocycles. The molecule has 6 atom stereocenters. The van der Waals surface area contributed by atoms with Gasteiger partial charge in [-0.2, -0.15) is 12.6 Å². The molecule has 28 heavy (non-hydrogen) atoms. The summed E-state index contributed by atoms with van der Waals surface area (Å²) in [6.07, 6.45) is -0.848. The van der Waals surface area contributed by atoms with Gasteiger partial charge < -0.3 is 36.2 Å². The van der Waals surface area contributed by atoms with Gasteiger partial charge in [0.05, 0.1) is 12.6 Å². The lowest BCUT2D eigenvalue weighted by Gasteiger charge is -2.47. The lowest BCUT2D eigenvalue weighted by atomic mass is 9.88. The number of aliphatic carboxylic acids is 1. The van der Waals surface area contributed by atoms with Gasteiger partial charge in [-0.3, -0.25) is 4.79 Å². The lowest BCUT2D eigenvalue weighted by Crippen LogP contribution is -2.68. The highest BCUT2D eigenvalue weighted by molar-refractivity contribution is 8.01. The number of aliphatic hydroxyl groups excluding tert-OH is 3. The topological polar surface area (TPSA) is 162 Å². The molecule has 0 saturated carbocycles. The van der Waals surface area contributed by atoms with Crippen LogP contribution in [0.2, 0.25) is 0 Å².